The zero-order valence-corrected chi connectivity index (χ0v) is 15.9. The Balaban J connectivity index is 1.43. The van der Waals surface area contributed by atoms with Crippen molar-refractivity contribution in [1.29, 1.82) is 0 Å². The van der Waals surface area contributed by atoms with Crippen molar-refractivity contribution in [3.8, 4) is 11.3 Å². The third-order valence-corrected chi connectivity index (χ3v) is 4.94. The monoisotopic (exact) mass is 401 g/mol. The lowest BCUT2D eigenvalue weighted by Gasteiger charge is -2.33. The van der Waals surface area contributed by atoms with E-state index in [9.17, 15) is 4.79 Å². The maximum absolute atomic E-state index is 12.6. The number of carbonyl (C=O) groups excluding carboxylic acids is 1. The van der Waals surface area contributed by atoms with E-state index in [1.165, 1.54) is 0 Å². The molecule has 4 rings (SSSR count). The molecule has 0 bridgehead atoms. The zero-order valence-electron chi connectivity index (χ0n) is 15.1. The summed E-state index contributed by atoms with van der Waals surface area (Å²) in [5, 5.41) is 7.46. The van der Waals surface area contributed by atoms with Crippen molar-refractivity contribution in [3.63, 3.8) is 0 Å². The molecule has 3 heterocycles. The van der Waals surface area contributed by atoms with Gasteiger partial charge >= 0.3 is 0 Å². The summed E-state index contributed by atoms with van der Waals surface area (Å²) < 4.78 is 16.3. The third kappa shape index (κ3) is 4.27. The van der Waals surface area contributed by atoms with Crippen LogP contribution >= 0.6 is 11.6 Å². The van der Waals surface area contributed by atoms with Gasteiger partial charge in [0.15, 0.2) is 11.5 Å². The molecule has 2 aromatic heterocycles. The highest BCUT2D eigenvalue weighted by molar-refractivity contribution is 6.30. The molecule has 1 saturated heterocycles. The highest BCUT2D eigenvalue weighted by Gasteiger charge is 2.26. The highest BCUT2D eigenvalue weighted by atomic mass is 35.5. The summed E-state index contributed by atoms with van der Waals surface area (Å²) in [4.78, 5) is 14.8. The second-order valence-corrected chi connectivity index (χ2v) is 6.91. The fraction of sp³-hybridized carbons (Fsp3) is 0.300. The summed E-state index contributed by atoms with van der Waals surface area (Å²) in [6.45, 7) is 3.30. The Kier molecular flexibility index (Phi) is 5.76. The number of halogens is 1. The summed E-state index contributed by atoms with van der Waals surface area (Å²) >= 11 is 5.90. The first-order valence-electron chi connectivity index (χ1n) is 9.07. The largest absolute Gasteiger partial charge is 0.468 e. The smallest absolute Gasteiger partial charge is 0.273 e. The van der Waals surface area contributed by atoms with E-state index in [-0.39, 0.29) is 17.6 Å². The lowest BCUT2D eigenvalue weighted by Crippen LogP contribution is -2.43. The molecule has 0 unspecified atom stereocenters. The van der Waals surface area contributed by atoms with Gasteiger partial charge in [0.25, 0.3) is 5.91 Å². The van der Waals surface area contributed by atoms with Gasteiger partial charge in [-0.15, -0.1) is 0 Å². The van der Waals surface area contributed by atoms with Crippen molar-refractivity contribution in [2.45, 2.75) is 6.04 Å². The molecule has 0 aliphatic carbocycles. The molecule has 1 atom stereocenters. The Morgan fingerprint density at radius 1 is 1.21 bits per heavy atom. The van der Waals surface area contributed by atoms with E-state index in [1.807, 2.05) is 24.3 Å². The highest BCUT2D eigenvalue weighted by Crippen LogP contribution is 2.24. The molecule has 28 heavy (non-hydrogen) atoms. The van der Waals surface area contributed by atoms with Crippen molar-refractivity contribution in [1.82, 2.24) is 15.4 Å². The van der Waals surface area contributed by atoms with Crippen LogP contribution in [0.1, 0.15) is 22.3 Å². The molecule has 8 heteroatoms. The van der Waals surface area contributed by atoms with E-state index < -0.39 is 0 Å². The Morgan fingerprint density at radius 2 is 2.00 bits per heavy atom. The maximum Gasteiger partial charge on any atom is 0.273 e. The van der Waals surface area contributed by atoms with Crippen molar-refractivity contribution >= 4 is 17.5 Å². The molecular formula is C20H20ClN3O4. The first-order valence-corrected chi connectivity index (χ1v) is 9.44. The fourth-order valence-electron chi connectivity index (χ4n) is 3.19. The van der Waals surface area contributed by atoms with Gasteiger partial charge in [0, 0.05) is 36.3 Å². The lowest BCUT2D eigenvalue weighted by molar-refractivity contribution is 0.0118. The molecule has 1 fully saturated rings. The number of carbonyl (C=O) groups is 1. The van der Waals surface area contributed by atoms with Crippen LogP contribution in [0.5, 0.6) is 0 Å². The second-order valence-electron chi connectivity index (χ2n) is 6.47. The fourth-order valence-corrected chi connectivity index (χ4v) is 3.32. The molecule has 7 nitrogen and oxygen atoms in total. The van der Waals surface area contributed by atoms with Gasteiger partial charge in [0.2, 0.25) is 0 Å². The van der Waals surface area contributed by atoms with Crippen molar-refractivity contribution in [2.75, 3.05) is 32.8 Å². The van der Waals surface area contributed by atoms with Gasteiger partial charge < -0.3 is 19.0 Å². The van der Waals surface area contributed by atoms with E-state index in [4.69, 9.17) is 25.3 Å². The first-order chi connectivity index (χ1) is 13.7. The van der Waals surface area contributed by atoms with Crippen LogP contribution in [-0.4, -0.2) is 48.8 Å². The number of nitrogens with one attached hydrogen (secondary N) is 1. The van der Waals surface area contributed by atoms with Gasteiger partial charge in [-0.25, -0.2) is 0 Å². The van der Waals surface area contributed by atoms with Crippen LogP contribution in [0.25, 0.3) is 11.3 Å². The molecule has 0 spiro atoms. The van der Waals surface area contributed by atoms with E-state index in [1.54, 1.807) is 24.5 Å². The number of nitrogens with zero attached hydrogens (tertiary/aromatic N) is 2. The molecule has 1 aromatic carbocycles. The van der Waals surface area contributed by atoms with Crippen LogP contribution in [0.3, 0.4) is 0 Å². The summed E-state index contributed by atoms with van der Waals surface area (Å²) in [7, 11) is 0. The van der Waals surface area contributed by atoms with Gasteiger partial charge in [-0.2, -0.15) is 0 Å². The number of hydrogen-bond acceptors (Lipinski definition) is 6. The predicted molar refractivity (Wildman–Crippen MR) is 103 cm³/mol. The molecule has 0 radical (unpaired) electrons. The van der Waals surface area contributed by atoms with E-state index in [0.717, 1.165) is 24.4 Å². The van der Waals surface area contributed by atoms with Crippen molar-refractivity contribution in [3.05, 3.63) is 65.2 Å². The van der Waals surface area contributed by atoms with Crippen LogP contribution in [0.4, 0.5) is 0 Å². The van der Waals surface area contributed by atoms with Crippen LogP contribution < -0.4 is 5.32 Å². The van der Waals surface area contributed by atoms with Crippen LogP contribution in [0.2, 0.25) is 5.02 Å². The number of rotatable bonds is 6. The predicted octanol–water partition coefficient (Wildman–Crippen LogP) is 3.39. The average molecular weight is 402 g/mol. The molecule has 146 valence electrons. The Labute approximate surface area is 167 Å². The standard InChI is InChI=1S/C20H20ClN3O4/c21-15-5-3-14(4-6-15)19-12-16(23-28-19)20(25)22-13-17(18-2-1-9-27-18)24-7-10-26-11-8-24/h1-6,9,12,17H,7-8,10-11,13H2,(H,22,25)/t17-/m1/s1. The van der Waals surface area contributed by atoms with Crippen LogP contribution in [-0.2, 0) is 4.74 Å². The number of hydrogen-bond donors (Lipinski definition) is 1. The van der Waals surface area contributed by atoms with Gasteiger partial charge in [-0.05, 0) is 36.4 Å². The molecule has 1 aliphatic rings. The topological polar surface area (TPSA) is 80.7 Å². The first kappa shape index (κ1) is 18.7. The van der Waals surface area contributed by atoms with E-state index >= 15 is 0 Å². The lowest BCUT2D eigenvalue weighted by atomic mass is 10.1. The van der Waals surface area contributed by atoms with Gasteiger partial charge in [0.05, 0.1) is 25.5 Å². The number of furan rings is 1. The van der Waals surface area contributed by atoms with Crippen LogP contribution in [0, 0.1) is 0 Å². The third-order valence-electron chi connectivity index (χ3n) is 4.69. The summed E-state index contributed by atoms with van der Waals surface area (Å²) in [5.41, 5.74) is 1.03. The molecule has 1 aliphatic heterocycles. The Morgan fingerprint density at radius 3 is 2.71 bits per heavy atom. The summed E-state index contributed by atoms with van der Waals surface area (Å²) in [6.07, 6.45) is 1.64. The van der Waals surface area contributed by atoms with Gasteiger partial charge in [0.1, 0.15) is 5.76 Å². The maximum atomic E-state index is 12.6. The van der Waals surface area contributed by atoms with Crippen LogP contribution in [0.15, 0.2) is 57.7 Å². The Bertz CT molecular complexity index is 902. The number of amides is 1. The second kappa shape index (κ2) is 8.60. The van der Waals surface area contributed by atoms with Crippen molar-refractivity contribution in [2.24, 2.45) is 0 Å². The van der Waals surface area contributed by atoms with E-state index in [0.29, 0.717) is 30.5 Å². The quantitative estimate of drug-likeness (QED) is 0.681. The minimum absolute atomic E-state index is 0.0644. The number of aromatic nitrogens is 1. The number of ether oxygens (including phenoxy) is 1. The molecular weight excluding hydrogens is 382 g/mol. The molecule has 1 N–H and O–H groups in total. The van der Waals surface area contributed by atoms with Gasteiger partial charge in [-0.1, -0.05) is 16.8 Å². The SMILES string of the molecule is O=C(NC[C@H](c1ccco1)N1CCOCC1)c1cc(-c2ccc(Cl)cc2)on1. The van der Waals surface area contributed by atoms with Crippen molar-refractivity contribution < 1.29 is 18.5 Å². The summed E-state index contributed by atoms with van der Waals surface area (Å²) in [5.74, 6) is 1.02. The van der Waals surface area contributed by atoms with E-state index in [2.05, 4.69) is 15.4 Å². The number of benzene rings is 1. The molecule has 0 saturated carbocycles. The zero-order chi connectivity index (χ0) is 19.3. The Hall–Kier alpha value is -2.61. The normalized spacial score (nSPS) is 16.0. The molecule has 3 aromatic rings. The molecule has 1 amide bonds. The van der Waals surface area contributed by atoms with Gasteiger partial charge in [-0.3, -0.25) is 9.69 Å². The number of morpholine rings is 1. The minimum atomic E-state index is -0.297. The average Bonchev–Trinajstić information content (AvgIpc) is 3.42. The minimum Gasteiger partial charge on any atom is -0.468 e. The summed E-state index contributed by atoms with van der Waals surface area (Å²) in [6, 6.07) is 12.5.